The van der Waals surface area contributed by atoms with E-state index >= 15 is 0 Å². The number of aromatic amines is 1. The predicted molar refractivity (Wildman–Crippen MR) is 299 cm³/mol. The van der Waals surface area contributed by atoms with Crippen molar-refractivity contribution in [3.63, 3.8) is 0 Å². The molecule has 0 aliphatic carbocycles. The van der Waals surface area contributed by atoms with Crippen molar-refractivity contribution in [2.75, 3.05) is 89.6 Å². The van der Waals surface area contributed by atoms with Gasteiger partial charge in [0.05, 0.1) is 38.1 Å². The Bertz CT molecular complexity index is 2820. The van der Waals surface area contributed by atoms with Crippen LogP contribution in [0.5, 0.6) is 0 Å². The first kappa shape index (κ1) is 66.2. The van der Waals surface area contributed by atoms with E-state index in [1.54, 1.807) is 26.8 Å². The third-order valence-electron chi connectivity index (χ3n) is 12.7. The van der Waals surface area contributed by atoms with Crippen LogP contribution < -0.4 is 66.1 Å². The number of H-pyrrole nitrogens is 1. The lowest BCUT2D eigenvalue weighted by Gasteiger charge is -2.25. The Morgan fingerprint density at radius 2 is 1.12 bits per heavy atom. The van der Waals surface area contributed by atoms with Gasteiger partial charge in [-0.2, -0.15) is 4.98 Å². The number of carbonyl (C=O) groups excluding carboxylic acids is 5. The van der Waals surface area contributed by atoms with Gasteiger partial charge in [-0.3, -0.25) is 68.0 Å². The molecule has 5 amide bonds. The largest absolute Gasteiger partial charge is 0.480 e. The van der Waals surface area contributed by atoms with Crippen LogP contribution in [-0.4, -0.2) is 223 Å². The summed E-state index contributed by atoms with van der Waals surface area (Å²) in [5, 5.41) is 54.6. The lowest BCUT2D eigenvalue weighted by molar-refractivity contribution is -0.142. The molecule has 34 heteroatoms. The molecular weight excluding hydrogens is 1090 g/mol. The number of anilines is 2. The number of aliphatic carboxylic acids is 4. The Morgan fingerprint density at radius 1 is 0.614 bits per heavy atom. The van der Waals surface area contributed by atoms with Crippen molar-refractivity contribution in [3.05, 3.63) is 52.1 Å². The maximum Gasteiger partial charge on any atom is 0.326 e. The molecule has 83 heavy (non-hydrogen) atoms. The highest BCUT2D eigenvalue weighted by Crippen LogP contribution is 2.14. The SMILES string of the molecule is NC(N)=NCCCC(NC(=O)CCC(NC(=O)c1ccc(NCc2cnc3nc(N)[nH]c(=O)c3n2)cc1)C(=O)O)C(=O)NC(CCCN=C(N)N)C(=O)NC(CCCCNC(=O)CN1CCN(CC(=O)O)CCN(CC(=O)O)CC1)C(=O)O. The van der Waals surface area contributed by atoms with E-state index in [1.165, 1.54) is 18.3 Å². The smallest absolute Gasteiger partial charge is 0.326 e. The van der Waals surface area contributed by atoms with Gasteiger partial charge in [-0.15, -0.1) is 0 Å². The van der Waals surface area contributed by atoms with Crippen LogP contribution in [-0.2, 0) is 44.9 Å². The van der Waals surface area contributed by atoms with E-state index in [4.69, 9.17) is 28.7 Å². The Balaban J connectivity index is 1.33. The molecule has 2 aromatic heterocycles. The average molecular weight is 1170 g/mol. The number of nitrogens with two attached hydrogens (primary N) is 5. The molecule has 1 aliphatic rings. The highest BCUT2D eigenvalue weighted by atomic mass is 16.4. The van der Waals surface area contributed by atoms with Gasteiger partial charge in [0.1, 0.15) is 24.2 Å². The number of unbranched alkanes of at least 4 members (excludes halogenated alkanes) is 1. The summed E-state index contributed by atoms with van der Waals surface area (Å²) in [5.41, 5.74) is 27.9. The number of hydrogen-bond acceptors (Lipinski definition) is 20. The number of hydrogen-bond donors (Lipinski definition) is 16. The molecule has 21 N–H and O–H groups in total. The number of aliphatic imine (C=N–C) groups is 2. The summed E-state index contributed by atoms with van der Waals surface area (Å²) in [7, 11) is 0. The van der Waals surface area contributed by atoms with Gasteiger partial charge in [0, 0.05) is 76.6 Å². The van der Waals surface area contributed by atoms with E-state index in [-0.39, 0.29) is 125 Å². The number of guanidine groups is 2. The minimum absolute atomic E-state index is 0.0104. The second-order valence-corrected chi connectivity index (χ2v) is 19.3. The summed E-state index contributed by atoms with van der Waals surface area (Å²) in [6.07, 6.45) is 0.964. The van der Waals surface area contributed by atoms with E-state index in [2.05, 4.69) is 61.8 Å². The standard InChI is InChI=1S/C49H74N20O14/c50-47(51)56-15-3-6-31(61-35(70)13-12-34(46(82)83)63-41(76)28-8-10-29(11-9-28)58-23-30-24-59-40-39(60-30)44(79)66-49(54)65-40)42(77)62-32(7-4-16-57-48(52)53)43(78)64-33(45(80)81)5-1-2-14-55-36(71)25-67-17-19-68(26-37(72)73)21-22-69(20-18-67)27-38(74)75/h8-11,24,31-34,58H,1-7,12-23,25-27H2,(H,55,71)(H,61,70)(H,62,77)(H,63,76)(H,64,78)(H,72,73)(H,74,75)(H,80,81)(H,82,83)(H4,50,51,56)(H4,52,53,57)(H3,54,59,65,66,79). The van der Waals surface area contributed by atoms with E-state index in [9.17, 15) is 68.4 Å². The van der Waals surface area contributed by atoms with Crippen LogP contribution in [0.3, 0.4) is 0 Å². The first-order valence-corrected chi connectivity index (χ1v) is 26.5. The van der Waals surface area contributed by atoms with Crippen molar-refractivity contribution in [1.29, 1.82) is 0 Å². The van der Waals surface area contributed by atoms with E-state index in [0.717, 1.165) is 0 Å². The number of amides is 5. The molecule has 1 aliphatic heterocycles. The molecule has 0 saturated carbocycles. The lowest BCUT2D eigenvalue weighted by Crippen LogP contribution is -2.55. The number of carboxylic acid groups (broad SMARTS) is 4. The quantitative estimate of drug-likeness (QED) is 0.0151. The van der Waals surface area contributed by atoms with Crippen molar-refractivity contribution in [2.24, 2.45) is 32.9 Å². The molecule has 4 atom stereocenters. The molecule has 1 saturated heterocycles. The molecule has 4 rings (SSSR count). The van der Waals surface area contributed by atoms with Crippen molar-refractivity contribution in [3.8, 4) is 0 Å². The molecule has 1 aromatic carbocycles. The molecule has 454 valence electrons. The Morgan fingerprint density at radius 3 is 1.65 bits per heavy atom. The number of nitrogen functional groups attached to an aromatic ring is 1. The fourth-order valence-electron chi connectivity index (χ4n) is 8.38. The maximum absolute atomic E-state index is 14.0. The van der Waals surface area contributed by atoms with Gasteiger partial charge in [-0.25, -0.2) is 19.6 Å². The first-order valence-electron chi connectivity index (χ1n) is 26.5. The van der Waals surface area contributed by atoms with Crippen LogP contribution in [0.2, 0.25) is 0 Å². The summed E-state index contributed by atoms with van der Waals surface area (Å²) in [4.78, 5) is 155. The molecule has 34 nitrogen and oxygen atoms in total. The number of fused-ring (bicyclic) bond motifs is 1. The zero-order valence-corrected chi connectivity index (χ0v) is 45.6. The molecule has 0 radical (unpaired) electrons. The summed E-state index contributed by atoms with van der Waals surface area (Å²) >= 11 is 0. The van der Waals surface area contributed by atoms with Crippen molar-refractivity contribution < 1.29 is 63.6 Å². The molecule has 1 fully saturated rings. The lowest BCUT2D eigenvalue weighted by atomic mass is 10.0. The van der Waals surface area contributed by atoms with Gasteiger partial charge in [0.25, 0.3) is 11.5 Å². The van der Waals surface area contributed by atoms with Crippen LogP contribution >= 0.6 is 0 Å². The Kier molecular flexibility index (Phi) is 27.2. The van der Waals surface area contributed by atoms with Crippen molar-refractivity contribution >= 4 is 88.1 Å². The van der Waals surface area contributed by atoms with Crippen molar-refractivity contribution in [1.82, 2.24) is 61.2 Å². The zero-order valence-electron chi connectivity index (χ0n) is 45.6. The molecule has 4 unspecified atom stereocenters. The van der Waals surface area contributed by atoms with E-state index < -0.39 is 90.1 Å². The molecule has 0 spiro atoms. The average Bonchev–Trinajstić information content (AvgIpc) is 3.69. The number of aromatic nitrogens is 4. The minimum atomic E-state index is -1.56. The second kappa shape index (κ2) is 34.1. The number of benzene rings is 1. The third kappa shape index (κ3) is 24.9. The predicted octanol–water partition coefficient (Wildman–Crippen LogP) is -5.11. The number of carbonyl (C=O) groups is 9. The summed E-state index contributed by atoms with van der Waals surface area (Å²) in [5.74, 6) is -9.24. The molecule has 0 bridgehead atoms. The fraction of sp³-hybridized carbons (Fsp3) is 0.531. The third-order valence-corrected chi connectivity index (χ3v) is 12.7. The van der Waals surface area contributed by atoms with Gasteiger partial charge in [-0.1, -0.05) is 0 Å². The zero-order chi connectivity index (χ0) is 61.0. The van der Waals surface area contributed by atoms with Crippen LogP contribution in [0.4, 0.5) is 11.6 Å². The van der Waals surface area contributed by atoms with Crippen molar-refractivity contribution in [2.45, 2.75) is 88.5 Å². The topological polar surface area (TPSA) is 543 Å². The maximum atomic E-state index is 14.0. The minimum Gasteiger partial charge on any atom is -0.480 e. The first-order chi connectivity index (χ1) is 39.4. The van der Waals surface area contributed by atoms with Crippen LogP contribution in [0.25, 0.3) is 11.2 Å². The van der Waals surface area contributed by atoms with Gasteiger partial charge >= 0.3 is 23.9 Å². The molecule has 3 aromatic rings. The summed E-state index contributed by atoms with van der Waals surface area (Å²) < 4.78 is 0. The second-order valence-electron chi connectivity index (χ2n) is 19.3. The van der Waals surface area contributed by atoms with Gasteiger partial charge in [0.2, 0.25) is 29.6 Å². The Labute approximate surface area is 474 Å². The van der Waals surface area contributed by atoms with Crippen LogP contribution in [0.15, 0.2) is 45.2 Å². The van der Waals surface area contributed by atoms with Gasteiger partial charge < -0.3 is 81.0 Å². The van der Waals surface area contributed by atoms with Crippen LogP contribution in [0, 0.1) is 0 Å². The van der Waals surface area contributed by atoms with Gasteiger partial charge in [-0.05, 0) is 75.6 Å². The summed E-state index contributed by atoms with van der Waals surface area (Å²) in [6, 6.07) is 0.166. The van der Waals surface area contributed by atoms with E-state index in [1.807, 2.05) is 0 Å². The number of carboxylic acids is 4. The summed E-state index contributed by atoms with van der Waals surface area (Å²) in [6.45, 7) is 1.76. The van der Waals surface area contributed by atoms with Gasteiger partial charge in [0.15, 0.2) is 23.1 Å². The van der Waals surface area contributed by atoms with E-state index in [0.29, 0.717) is 57.1 Å². The fourth-order valence-corrected chi connectivity index (χ4v) is 8.38. The highest BCUT2D eigenvalue weighted by molar-refractivity contribution is 5.97. The normalized spacial score (nSPS) is 14.6. The molecular formula is C49H74N20O14. The number of nitrogens with zero attached hydrogens (tertiary/aromatic N) is 8. The number of rotatable bonds is 34. The number of nitrogens with one attached hydrogen (secondary N) is 7. The highest BCUT2D eigenvalue weighted by Gasteiger charge is 2.31. The molecule has 3 heterocycles. The van der Waals surface area contributed by atoms with Crippen LogP contribution in [0.1, 0.15) is 73.8 Å². The monoisotopic (exact) mass is 1170 g/mol. The Hall–Kier alpha value is -9.31.